The van der Waals surface area contributed by atoms with E-state index in [0.717, 1.165) is 5.56 Å². The first-order valence-corrected chi connectivity index (χ1v) is 9.35. The van der Waals surface area contributed by atoms with Gasteiger partial charge in [-0.2, -0.15) is 8.42 Å². The number of ether oxygens (including phenoxy) is 2. The Labute approximate surface area is 140 Å². The van der Waals surface area contributed by atoms with Crippen LogP contribution >= 0.6 is 0 Å². The molecule has 132 valence electrons. The molecular formula is C16H20FNO5S. The summed E-state index contributed by atoms with van der Waals surface area (Å²) in [4.78, 5) is 13.9. The molecule has 1 unspecified atom stereocenters. The van der Waals surface area contributed by atoms with Crippen molar-refractivity contribution in [2.24, 2.45) is 0 Å². The third kappa shape index (κ3) is 3.54. The Hall–Kier alpha value is -1.67. The van der Waals surface area contributed by atoms with Gasteiger partial charge in [-0.25, -0.2) is 4.79 Å². The largest absolute Gasteiger partial charge is 0.445 e. The van der Waals surface area contributed by atoms with E-state index < -0.39 is 27.1 Å². The molecule has 0 bridgehead atoms. The molecule has 0 aliphatic carbocycles. The van der Waals surface area contributed by atoms with Gasteiger partial charge in [0.1, 0.15) is 11.9 Å². The van der Waals surface area contributed by atoms with Crippen LogP contribution in [0.2, 0.25) is 0 Å². The topological polar surface area (TPSA) is 72.9 Å². The lowest BCUT2D eigenvalue weighted by Gasteiger charge is -2.40. The number of amides is 1. The highest BCUT2D eigenvalue weighted by atomic mass is 32.3. The molecule has 2 saturated heterocycles. The Balaban J connectivity index is 1.74. The van der Waals surface area contributed by atoms with Gasteiger partial charge >= 0.3 is 16.3 Å². The molecule has 2 aliphatic rings. The van der Waals surface area contributed by atoms with Gasteiger partial charge in [0.25, 0.3) is 0 Å². The van der Waals surface area contributed by atoms with Gasteiger partial charge in [0.05, 0.1) is 5.54 Å². The number of carbonyl (C=O) groups excluding carboxylic acids is 1. The van der Waals surface area contributed by atoms with E-state index in [9.17, 15) is 17.1 Å². The minimum Gasteiger partial charge on any atom is -0.445 e. The number of carbonyl (C=O) groups is 1. The predicted octanol–water partition coefficient (Wildman–Crippen LogP) is 2.25. The Morgan fingerprint density at radius 2 is 1.96 bits per heavy atom. The molecule has 0 radical (unpaired) electrons. The molecule has 2 heterocycles. The zero-order valence-corrected chi connectivity index (χ0v) is 14.0. The number of hydrogen-bond donors (Lipinski definition) is 0. The van der Waals surface area contributed by atoms with Crippen LogP contribution in [0.25, 0.3) is 0 Å². The molecular weight excluding hydrogens is 337 g/mol. The van der Waals surface area contributed by atoms with E-state index in [-0.39, 0.29) is 19.6 Å². The standard InChI is InChI=1S/C16H20FNO5S/c17-24(20,21)14-10-16(6-8-22-9-7-16)18(11-14)15(19)23-12-13-4-2-1-3-5-13/h1-5,14H,6-12H2. The maximum absolute atomic E-state index is 13.5. The lowest BCUT2D eigenvalue weighted by atomic mass is 9.87. The van der Waals surface area contributed by atoms with Crippen LogP contribution in [0.4, 0.5) is 8.68 Å². The van der Waals surface area contributed by atoms with Crippen LogP contribution in [0.1, 0.15) is 24.8 Å². The number of nitrogens with zero attached hydrogens (tertiary/aromatic N) is 1. The second kappa shape index (κ2) is 6.68. The summed E-state index contributed by atoms with van der Waals surface area (Å²) in [5.74, 6) is 0. The molecule has 0 aromatic heterocycles. The number of halogens is 1. The van der Waals surface area contributed by atoms with Crippen molar-refractivity contribution in [3.63, 3.8) is 0 Å². The fourth-order valence-corrected chi connectivity index (χ4v) is 4.31. The summed E-state index contributed by atoms with van der Waals surface area (Å²) < 4.78 is 46.8. The third-order valence-electron chi connectivity index (χ3n) is 4.81. The molecule has 0 saturated carbocycles. The van der Waals surface area contributed by atoms with Gasteiger partial charge in [0.15, 0.2) is 0 Å². The van der Waals surface area contributed by atoms with E-state index in [4.69, 9.17) is 9.47 Å². The highest BCUT2D eigenvalue weighted by Crippen LogP contribution is 2.41. The molecule has 1 atom stereocenters. The van der Waals surface area contributed by atoms with Crippen molar-refractivity contribution in [3.05, 3.63) is 35.9 Å². The lowest BCUT2D eigenvalue weighted by molar-refractivity contribution is -0.0102. The molecule has 1 aromatic carbocycles. The molecule has 1 aromatic rings. The fraction of sp³-hybridized carbons (Fsp3) is 0.562. The molecule has 6 nitrogen and oxygen atoms in total. The monoisotopic (exact) mass is 357 g/mol. The van der Waals surface area contributed by atoms with E-state index in [1.54, 1.807) is 0 Å². The van der Waals surface area contributed by atoms with Crippen molar-refractivity contribution >= 4 is 16.3 Å². The quantitative estimate of drug-likeness (QED) is 0.776. The average molecular weight is 357 g/mol. The SMILES string of the molecule is O=C(OCc1ccccc1)N1CC(S(=O)(=O)F)CC12CCOCC2. The Kier molecular flexibility index (Phi) is 4.78. The van der Waals surface area contributed by atoms with Crippen molar-refractivity contribution in [2.45, 2.75) is 36.7 Å². The van der Waals surface area contributed by atoms with Crippen LogP contribution in [-0.2, 0) is 26.3 Å². The van der Waals surface area contributed by atoms with E-state index in [0.29, 0.717) is 26.1 Å². The first-order valence-electron chi connectivity index (χ1n) is 7.90. The Morgan fingerprint density at radius 3 is 2.58 bits per heavy atom. The zero-order valence-electron chi connectivity index (χ0n) is 13.2. The second-order valence-electron chi connectivity index (χ2n) is 6.29. The van der Waals surface area contributed by atoms with E-state index in [1.807, 2.05) is 30.3 Å². The third-order valence-corrected chi connectivity index (χ3v) is 5.93. The first-order chi connectivity index (χ1) is 11.4. The summed E-state index contributed by atoms with van der Waals surface area (Å²) in [5, 5.41) is -1.19. The summed E-state index contributed by atoms with van der Waals surface area (Å²) in [7, 11) is -4.70. The van der Waals surface area contributed by atoms with Gasteiger partial charge in [-0.15, -0.1) is 3.89 Å². The van der Waals surface area contributed by atoms with Crippen molar-refractivity contribution in [1.82, 2.24) is 4.90 Å². The van der Waals surface area contributed by atoms with Crippen LogP contribution in [0, 0.1) is 0 Å². The van der Waals surface area contributed by atoms with Crippen molar-refractivity contribution in [3.8, 4) is 0 Å². The normalized spacial score (nSPS) is 23.4. The van der Waals surface area contributed by atoms with Crippen LogP contribution in [-0.4, -0.2) is 50.0 Å². The highest BCUT2D eigenvalue weighted by Gasteiger charge is 2.53. The maximum Gasteiger partial charge on any atom is 0.410 e. The summed E-state index contributed by atoms with van der Waals surface area (Å²) >= 11 is 0. The van der Waals surface area contributed by atoms with Gasteiger partial charge in [-0.1, -0.05) is 30.3 Å². The van der Waals surface area contributed by atoms with Crippen molar-refractivity contribution < 1.29 is 26.6 Å². The van der Waals surface area contributed by atoms with Gasteiger partial charge in [0, 0.05) is 19.8 Å². The summed E-state index contributed by atoms with van der Waals surface area (Å²) in [6.45, 7) is 0.755. The number of benzene rings is 1. The molecule has 1 amide bonds. The molecule has 24 heavy (non-hydrogen) atoms. The number of rotatable bonds is 3. The molecule has 0 N–H and O–H groups in total. The molecule has 1 spiro atoms. The van der Waals surface area contributed by atoms with Gasteiger partial charge in [-0.05, 0) is 24.8 Å². The van der Waals surface area contributed by atoms with Crippen LogP contribution in [0.15, 0.2) is 30.3 Å². The van der Waals surface area contributed by atoms with Crippen LogP contribution < -0.4 is 0 Å². The lowest BCUT2D eigenvalue weighted by Crippen LogP contribution is -2.50. The Bertz CT molecular complexity index is 688. The Morgan fingerprint density at radius 1 is 1.29 bits per heavy atom. The minimum atomic E-state index is -4.70. The minimum absolute atomic E-state index is 0.0929. The van der Waals surface area contributed by atoms with E-state index in [2.05, 4.69) is 0 Å². The maximum atomic E-state index is 13.5. The molecule has 8 heteroatoms. The molecule has 3 rings (SSSR count). The van der Waals surface area contributed by atoms with Gasteiger partial charge in [-0.3, -0.25) is 0 Å². The van der Waals surface area contributed by atoms with Crippen LogP contribution in [0.3, 0.4) is 0 Å². The molecule has 2 aliphatic heterocycles. The van der Waals surface area contributed by atoms with Gasteiger partial charge < -0.3 is 14.4 Å². The first kappa shape index (κ1) is 17.2. The molecule has 2 fully saturated rings. The highest BCUT2D eigenvalue weighted by molar-refractivity contribution is 7.87. The van der Waals surface area contributed by atoms with Crippen molar-refractivity contribution in [2.75, 3.05) is 19.8 Å². The van der Waals surface area contributed by atoms with Crippen molar-refractivity contribution in [1.29, 1.82) is 0 Å². The smallest absolute Gasteiger partial charge is 0.410 e. The summed E-state index contributed by atoms with van der Waals surface area (Å²) in [6, 6.07) is 9.20. The second-order valence-corrected chi connectivity index (χ2v) is 7.91. The van der Waals surface area contributed by atoms with E-state index in [1.165, 1.54) is 4.90 Å². The summed E-state index contributed by atoms with van der Waals surface area (Å²) in [6.07, 6.45) is 0.459. The van der Waals surface area contributed by atoms with Crippen LogP contribution in [0.5, 0.6) is 0 Å². The van der Waals surface area contributed by atoms with Gasteiger partial charge in [0.2, 0.25) is 0 Å². The fourth-order valence-electron chi connectivity index (χ4n) is 3.48. The number of likely N-dealkylation sites (tertiary alicyclic amines) is 1. The zero-order chi connectivity index (χ0) is 17.2. The van der Waals surface area contributed by atoms with E-state index >= 15 is 0 Å². The predicted molar refractivity (Wildman–Crippen MR) is 84.5 cm³/mol. The average Bonchev–Trinajstić information content (AvgIpc) is 2.93. The summed E-state index contributed by atoms with van der Waals surface area (Å²) in [5.41, 5.74) is 0.135. The number of hydrogen-bond acceptors (Lipinski definition) is 5.